The number of benzene rings is 4. The first-order valence-corrected chi connectivity index (χ1v) is 30.7. The van der Waals surface area contributed by atoms with Crippen LogP contribution in [0.5, 0.6) is 23.0 Å². The normalized spacial score (nSPS) is 26.3. The maximum atomic E-state index is 13.8. The van der Waals surface area contributed by atoms with Crippen molar-refractivity contribution in [2.75, 3.05) is 73.7 Å². The van der Waals surface area contributed by atoms with Gasteiger partial charge in [0.05, 0.1) is 26.4 Å². The Morgan fingerprint density at radius 1 is 0.446 bits per heavy atom. The van der Waals surface area contributed by atoms with Crippen molar-refractivity contribution >= 4 is 11.6 Å². The quantitative estimate of drug-likeness (QED) is 0.100. The van der Waals surface area contributed by atoms with E-state index in [1.165, 1.54) is 75.3 Å². The summed E-state index contributed by atoms with van der Waals surface area (Å²) in [6.07, 6.45) is 0.297. The second kappa shape index (κ2) is 27.2. The van der Waals surface area contributed by atoms with Gasteiger partial charge in [-0.3, -0.25) is 39.2 Å². The van der Waals surface area contributed by atoms with Crippen molar-refractivity contribution in [3.63, 3.8) is 0 Å². The zero-order chi connectivity index (χ0) is 59.6. The van der Waals surface area contributed by atoms with Crippen LogP contribution in [-0.2, 0) is 26.2 Å². The smallest absolute Gasteiger partial charge is 0.497 e. The van der Waals surface area contributed by atoms with Crippen molar-refractivity contribution in [1.82, 2.24) is 39.2 Å². The molecule has 9 saturated heterocycles. The van der Waals surface area contributed by atoms with E-state index in [1.807, 2.05) is 18.2 Å². The number of rotatable bonds is 16. The Morgan fingerprint density at radius 3 is 1.08 bits per heavy atom. The number of methoxy groups -OCH3 is 3. The van der Waals surface area contributed by atoms with Crippen molar-refractivity contribution in [2.45, 2.75) is 193 Å². The number of nitrogens with zero attached hydrogens (tertiary/aromatic N) is 8. The highest BCUT2D eigenvalue weighted by Gasteiger charge is 2.48. The molecule has 9 aliphatic heterocycles. The number of aryl methyl sites for hydroxylation is 1. The van der Waals surface area contributed by atoms with Gasteiger partial charge in [-0.05, 0) is 164 Å². The van der Waals surface area contributed by atoms with E-state index >= 15 is 0 Å². The fourth-order valence-electron chi connectivity index (χ4n) is 13.9. The molecule has 9 fully saturated rings. The number of halogens is 6. The van der Waals surface area contributed by atoms with Crippen molar-refractivity contribution in [2.24, 2.45) is 0 Å². The van der Waals surface area contributed by atoms with Crippen LogP contribution in [0.4, 0.5) is 22.0 Å². The summed E-state index contributed by atoms with van der Waals surface area (Å²) in [7, 11) is 4.88. The van der Waals surface area contributed by atoms with E-state index in [0.29, 0.717) is 71.2 Å². The second-order valence-electron chi connectivity index (χ2n) is 25.6. The number of fused-ring (bicyclic) bond motifs is 8. The summed E-state index contributed by atoms with van der Waals surface area (Å²) in [6.45, 7) is 32.9. The van der Waals surface area contributed by atoms with Crippen LogP contribution in [0.2, 0.25) is 5.02 Å². The largest absolute Gasteiger partial charge is 0.573 e. The third-order valence-corrected chi connectivity index (χ3v) is 19.4. The fraction of sp³-hybridized carbons (Fsp3) is 0.631. The summed E-state index contributed by atoms with van der Waals surface area (Å²) in [4.78, 5) is 20.3. The number of likely N-dealkylation sites (tertiary alicyclic amines) is 6. The molecule has 0 aliphatic carbocycles. The highest BCUT2D eigenvalue weighted by molar-refractivity contribution is 6.32. The molecule has 9 heterocycles. The van der Waals surface area contributed by atoms with Crippen LogP contribution in [0.25, 0.3) is 0 Å². The Morgan fingerprint density at radius 2 is 0.783 bits per heavy atom. The number of ether oxygens (including phenoxy) is 4. The van der Waals surface area contributed by atoms with Crippen LogP contribution in [0.1, 0.15) is 109 Å². The van der Waals surface area contributed by atoms with Gasteiger partial charge in [-0.15, -0.1) is 13.2 Å². The fourth-order valence-corrected chi connectivity index (χ4v) is 14.1. The first-order chi connectivity index (χ1) is 39.5. The van der Waals surface area contributed by atoms with Gasteiger partial charge in [0, 0.05) is 151 Å². The van der Waals surface area contributed by atoms with Gasteiger partial charge < -0.3 is 18.9 Å². The lowest BCUT2D eigenvalue weighted by Crippen LogP contribution is -2.68. The second-order valence-corrected chi connectivity index (χ2v) is 26.0. The third kappa shape index (κ3) is 15.3. The molecule has 83 heavy (non-hydrogen) atoms. The first kappa shape index (κ1) is 63.2. The summed E-state index contributed by atoms with van der Waals surface area (Å²) in [6, 6.07) is 29.2. The molecule has 0 radical (unpaired) electrons. The SMILES string of the molecule is CC(C)N1CC2CC(C1)N2Cc1ccc(OC(F)(F)F)c(F)c1.COc1ccc(CN2C3CC2CN(C(C)C)C3)c(C)c1.COc1ccc(CN2C3CC2CN(C(C)C)C3)cc1Cl.COc1ccc(CN2C3CC2CN(C(C)C)C3)cc1F. The Hall–Kier alpha value is -4.30. The van der Waals surface area contributed by atoms with Gasteiger partial charge in [-0.25, -0.2) is 8.78 Å². The van der Waals surface area contributed by atoms with Crippen molar-refractivity contribution in [1.29, 1.82) is 0 Å². The van der Waals surface area contributed by atoms with Crippen LogP contribution in [0.15, 0.2) is 72.8 Å². The molecule has 4 aromatic rings. The molecule has 12 nitrogen and oxygen atoms in total. The molecular weight excluding hydrogens is 1090 g/mol. The van der Waals surface area contributed by atoms with E-state index in [4.69, 9.17) is 25.8 Å². The van der Waals surface area contributed by atoms with Gasteiger partial charge in [0.25, 0.3) is 0 Å². The average molecular weight is 1180 g/mol. The third-order valence-electron chi connectivity index (χ3n) is 19.1. The number of hydrogen-bond donors (Lipinski definition) is 0. The molecule has 0 amide bonds. The summed E-state index contributed by atoms with van der Waals surface area (Å²) >= 11 is 6.21. The zero-order valence-electron chi connectivity index (χ0n) is 51.1. The van der Waals surface area contributed by atoms with Crippen molar-refractivity contribution < 1.29 is 40.9 Å². The van der Waals surface area contributed by atoms with Gasteiger partial charge >= 0.3 is 6.36 Å². The van der Waals surface area contributed by atoms with Crippen LogP contribution in [0.3, 0.4) is 0 Å². The molecule has 0 aromatic heterocycles. The number of alkyl halides is 3. The molecule has 8 atom stereocenters. The Labute approximate surface area is 496 Å². The van der Waals surface area contributed by atoms with Crippen molar-refractivity contribution in [3.05, 3.63) is 117 Å². The van der Waals surface area contributed by atoms with E-state index in [-0.39, 0.29) is 5.82 Å². The molecule has 8 bridgehead atoms. The van der Waals surface area contributed by atoms with E-state index in [1.54, 1.807) is 26.4 Å². The number of hydrogen-bond acceptors (Lipinski definition) is 12. The molecular formula is C65H92ClF5N8O4. The standard InChI is InChI=1S/C17H26N2O.C16H23ClN2O.C16H20F4N2O.C16H23FN2O/c1-12(2)18-10-15-8-16(11-18)19(15)9-14-5-6-17(20-4)7-13(14)3;1-11(2)18-9-13-7-14(10-18)19(13)8-12-4-5-16(20-3)15(17)6-12;1-10(2)21-8-12-6-13(9-21)22(12)7-11-3-4-15(14(17)5-11)23-16(18,19)20;1-11(2)18-9-13-7-14(10-18)19(13)8-12-4-5-16(20-3)15(17)6-12/h5-7,12,15-16H,8-11H2,1-4H3;4-6,11,13-14H,7-10H2,1-3H3;3-5,10,12-13H,6-9H2,1-2H3;4-6,11,13-14H,7-10H2,1-3H3. The first-order valence-electron chi connectivity index (χ1n) is 30.3. The summed E-state index contributed by atoms with van der Waals surface area (Å²) in [5.41, 5.74) is 5.78. The lowest BCUT2D eigenvalue weighted by atomic mass is 9.86. The minimum atomic E-state index is -4.88. The molecule has 13 rings (SSSR count). The van der Waals surface area contributed by atoms with Crippen LogP contribution in [-0.4, -0.2) is 192 Å². The molecule has 0 N–H and O–H groups in total. The van der Waals surface area contributed by atoms with Gasteiger partial charge in [0.1, 0.15) is 11.5 Å². The number of piperazine rings is 4. The molecule has 9 aliphatic rings. The maximum Gasteiger partial charge on any atom is 0.573 e. The molecule has 0 saturated carbocycles. The lowest BCUT2D eigenvalue weighted by Gasteiger charge is -2.57. The molecule has 4 aromatic carbocycles. The summed E-state index contributed by atoms with van der Waals surface area (Å²) < 4.78 is 83.1. The Balaban J connectivity index is 0.000000133. The summed E-state index contributed by atoms with van der Waals surface area (Å²) in [5, 5.41) is 0.708. The maximum absolute atomic E-state index is 13.8. The monoisotopic (exact) mass is 1180 g/mol. The lowest BCUT2D eigenvalue weighted by molar-refractivity contribution is -0.275. The van der Waals surface area contributed by atoms with E-state index < -0.39 is 17.9 Å². The van der Waals surface area contributed by atoms with Crippen molar-refractivity contribution in [3.8, 4) is 23.0 Å². The molecule has 18 heteroatoms. The van der Waals surface area contributed by atoms with E-state index in [2.05, 4.69) is 131 Å². The zero-order valence-corrected chi connectivity index (χ0v) is 51.9. The Bertz CT molecular complexity index is 2650. The highest BCUT2D eigenvalue weighted by Crippen LogP contribution is 2.39. The Kier molecular flexibility index (Phi) is 20.7. The van der Waals surface area contributed by atoms with Crippen LogP contribution >= 0.6 is 11.6 Å². The minimum absolute atomic E-state index is 0.264. The highest BCUT2D eigenvalue weighted by atomic mass is 35.5. The van der Waals surface area contributed by atoms with Gasteiger partial charge in [0.2, 0.25) is 0 Å². The van der Waals surface area contributed by atoms with E-state index in [0.717, 1.165) is 106 Å². The van der Waals surface area contributed by atoms with Gasteiger partial charge in [0.15, 0.2) is 23.1 Å². The predicted octanol–water partition coefficient (Wildman–Crippen LogP) is 11.6. The van der Waals surface area contributed by atoms with Gasteiger partial charge in [-0.2, -0.15) is 0 Å². The minimum Gasteiger partial charge on any atom is -0.497 e. The predicted molar refractivity (Wildman–Crippen MR) is 320 cm³/mol. The summed E-state index contributed by atoms with van der Waals surface area (Å²) in [5.74, 6) is 0.0135. The molecule has 0 spiro atoms. The molecule has 458 valence electrons. The van der Waals surface area contributed by atoms with E-state index in [9.17, 15) is 22.0 Å². The molecule has 8 unspecified atom stereocenters. The topological polar surface area (TPSA) is 62.8 Å². The van der Waals surface area contributed by atoms with Crippen LogP contribution < -0.4 is 18.9 Å². The van der Waals surface area contributed by atoms with Gasteiger partial charge in [-0.1, -0.05) is 35.9 Å². The average Bonchev–Trinajstić information content (AvgIpc) is 2.63. The van der Waals surface area contributed by atoms with Crippen LogP contribution in [0, 0.1) is 18.6 Å². The number of piperidine rings is 4.